The number of benzene rings is 1. The number of nitrogens with one attached hydrogen (secondary N) is 1. The van der Waals surface area contributed by atoms with E-state index in [-0.39, 0.29) is 17.7 Å². The second-order valence-corrected chi connectivity index (χ2v) is 9.39. The van der Waals surface area contributed by atoms with Gasteiger partial charge in [0.05, 0.1) is 6.54 Å². The molecule has 1 N–H and O–H groups in total. The minimum atomic E-state index is -4.70. The first-order valence-corrected chi connectivity index (χ1v) is 12.1. The van der Waals surface area contributed by atoms with Crippen LogP contribution < -0.4 is 10.1 Å². The summed E-state index contributed by atoms with van der Waals surface area (Å²) >= 11 is 1.86. The molecule has 1 aliphatic carbocycles. The summed E-state index contributed by atoms with van der Waals surface area (Å²) in [5.41, 5.74) is 3.49. The molecular weight excluding hydrogens is 453 g/mol. The summed E-state index contributed by atoms with van der Waals surface area (Å²) in [7, 11) is 0. The lowest BCUT2D eigenvalue weighted by atomic mass is 9.91. The number of amides is 1. The van der Waals surface area contributed by atoms with Crippen molar-refractivity contribution in [1.82, 2.24) is 20.0 Å². The fourth-order valence-electron chi connectivity index (χ4n) is 4.29. The number of hydrogen-bond donors (Lipinski definition) is 1. The zero-order valence-electron chi connectivity index (χ0n) is 18.2. The first-order valence-electron chi connectivity index (χ1n) is 11.0. The van der Waals surface area contributed by atoms with E-state index in [1.807, 2.05) is 21.3 Å². The number of fused-ring (bicyclic) bond motifs is 1. The van der Waals surface area contributed by atoms with Crippen LogP contribution in [0.15, 0.2) is 36.9 Å². The normalized spacial score (nSPS) is 18.6. The molecule has 1 fully saturated rings. The number of alkyl halides is 3. The van der Waals surface area contributed by atoms with Gasteiger partial charge in [0.15, 0.2) is 5.69 Å². The highest BCUT2D eigenvalue weighted by molar-refractivity contribution is 7.99. The van der Waals surface area contributed by atoms with Crippen LogP contribution in [0, 0.1) is 0 Å². The monoisotopic (exact) mass is 480 g/mol. The molecule has 33 heavy (non-hydrogen) atoms. The number of nitrogens with zero attached hydrogens (tertiary/aromatic N) is 3. The SMILES string of the molecule is C=CCn1nc(C(=O)N2CCSCC2)c2c1CCC(NCc1ccc(OC(F)(F)F)cc1)C2. The predicted octanol–water partition coefficient (Wildman–Crippen LogP) is 3.80. The number of allylic oxidation sites excluding steroid dienone is 1. The van der Waals surface area contributed by atoms with Gasteiger partial charge in [-0.05, 0) is 37.0 Å². The topological polar surface area (TPSA) is 59.4 Å². The number of aromatic nitrogens is 2. The van der Waals surface area contributed by atoms with Crippen LogP contribution >= 0.6 is 11.8 Å². The average molecular weight is 481 g/mol. The third kappa shape index (κ3) is 5.92. The van der Waals surface area contributed by atoms with E-state index < -0.39 is 6.36 Å². The Morgan fingerprint density at radius 1 is 1.27 bits per heavy atom. The van der Waals surface area contributed by atoms with Gasteiger partial charge >= 0.3 is 6.36 Å². The fourth-order valence-corrected chi connectivity index (χ4v) is 5.20. The van der Waals surface area contributed by atoms with Crippen molar-refractivity contribution in [3.8, 4) is 5.75 Å². The minimum Gasteiger partial charge on any atom is -0.406 e. The summed E-state index contributed by atoms with van der Waals surface area (Å²) in [6, 6.07) is 6.02. The Bertz CT molecular complexity index is 985. The number of halogens is 3. The van der Waals surface area contributed by atoms with Crippen molar-refractivity contribution in [3.63, 3.8) is 0 Å². The van der Waals surface area contributed by atoms with Crippen LogP contribution in [0.4, 0.5) is 13.2 Å². The van der Waals surface area contributed by atoms with Crippen LogP contribution in [0.1, 0.15) is 33.7 Å². The third-order valence-corrected chi connectivity index (χ3v) is 6.84. The second kappa shape index (κ2) is 10.2. The number of thioether (sulfide) groups is 1. The highest BCUT2D eigenvalue weighted by Crippen LogP contribution is 2.27. The van der Waals surface area contributed by atoms with Crippen LogP contribution in [-0.4, -0.2) is 57.6 Å². The molecule has 1 aromatic heterocycles. The Balaban J connectivity index is 1.43. The molecule has 1 aliphatic heterocycles. The van der Waals surface area contributed by atoms with Gasteiger partial charge in [0.2, 0.25) is 0 Å². The molecule has 1 saturated heterocycles. The van der Waals surface area contributed by atoms with Crippen molar-refractivity contribution in [1.29, 1.82) is 0 Å². The molecule has 2 aliphatic rings. The molecule has 0 bridgehead atoms. The molecule has 1 atom stereocenters. The average Bonchev–Trinajstić information content (AvgIpc) is 3.15. The lowest BCUT2D eigenvalue weighted by molar-refractivity contribution is -0.274. The van der Waals surface area contributed by atoms with Gasteiger partial charge in [0.25, 0.3) is 5.91 Å². The maximum Gasteiger partial charge on any atom is 0.573 e. The maximum atomic E-state index is 13.2. The molecule has 1 amide bonds. The van der Waals surface area contributed by atoms with Crippen LogP contribution in [0.2, 0.25) is 0 Å². The van der Waals surface area contributed by atoms with Crippen LogP contribution in [0.3, 0.4) is 0 Å². The van der Waals surface area contributed by atoms with Gasteiger partial charge in [0, 0.05) is 48.4 Å². The van der Waals surface area contributed by atoms with Crippen LogP contribution in [-0.2, 0) is 25.9 Å². The number of carbonyl (C=O) groups is 1. The number of rotatable bonds is 7. The summed E-state index contributed by atoms with van der Waals surface area (Å²) in [6.07, 6.45) is -0.535. The summed E-state index contributed by atoms with van der Waals surface area (Å²) in [6.45, 7) is 6.37. The van der Waals surface area contributed by atoms with Crippen molar-refractivity contribution in [3.05, 3.63) is 59.4 Å². The first-order chi connectivity index (χ1) is 15.8. The molecule has 1 unspecified atom stereocenters. The van der Waals surface area contributed by atoms with Crippen molar-refractivity contribution in [2.45, 2.75) is 44.8 Å². The van der Waals surface area contributed by atoms with Gasteiger partial charge in [0.1, 0.15) is 5.75 Å². The number of carbonyl (C=O) groups excluding carboxylic acids is 1. The van der Waals surface area contributed by atoms with Crippen molar-refractivity contribution in [2.75, 3.05) is 24.6 Å². The van der Waals surface area contributed by atoms with Gasteiger partial charge in [-0.2, -0.15) is 16.9 Å². The summed E-state index contributed by atoms with van der Waals surface area (Å²) < 4.78 is 42.8. The minimum absolute atomic E-state index is 0.00438. The highest BCUT2D eigenvalue weighted by Gasteiger charge is 2.32. The van der Waals surface area contributed by atoms with Gasteiger partial charge in [-0.15, -0.1) is 19.8 Å². The third-order valence-electron chi connectivity index (χ3n) is 5.90. The van der Waals surface area contributed by atoms with Gasteiger partial charge in [-0.25, -0.2) is 0 Å². The van der Waals surface area contributed by atoms with Crippen LogP contribution in [0.5, 0.6) is 5.75 Å². The lowest BCUT2D eigenvalue weighted by Gasteiger charge is -2.27. The zero-order valence-corrected chi connectivity index (χ0v) is 19.1. The molecule has 4 rings (SSSR count). The van der Waals surface area contributed by atoms with Gasteiger partial charge in [-0.3, -0.25) is 9.48 Å². The molecule has 0 spiro atoms. The Labute approximate surface area is 195 Å². The number of hydrogen-bond acceptors (Lipinski definition) is 5. The molecule has 2 aromatic rings. The van der Waals surface area contributed by atoms with Crippen molar-refractivity contribution >= 4 is 17.7 Å². The second-order valence-electron chi connectivity index (χ2n) is 8.16. The smallest absolute Gasteiger partial charge is 0.406 e. The van der Waals surface area contributed by atoms with E-state index in [0.29, 0.717) is 25.2 Å². The maximum absolute atomic E-state index is 13.2. The summed E-state index contributed by atoms with van der Waals surface area (Å²) in [5, 5.41) is 8.15. The Kier molecular flexibility index (Phi) is 7.33. The van der Waals surface area contributed by atoms with E-state index in [1.54, 1.807) is 18.2 Å². The number of ether oxygens (including phenoxy) is 1. The van der Waals surface area contributed by atoms with Crippen molar-refractivity contribution < 1.29 is 22.7 Å². The summed E-state index contributed by atoms with van der Waals surface area (Å²) in [5.74, 6) is 1.65. The Morgan fingerprint density at radius 2 is 2.00 bits per heavy atom. The van der Waals surface area contributed by atoms with Gasteiger partial charge in [-0.1, -0.05) is 18.2 Å². The summed E-state index contributed by atoms with van der Waals surface area (Å²) in [4.78, 5) is 15.1. The Hall–Kier alpha value is -2.46. The van der Waals surface area contributed by atoms with Crippen molar-refractivity contribution in [2.24, 2.45) is 0 Å². The molecule has 0 radical (unpaired) electrons. The zero-order chi connectivity index (χ0) is 23.4. The predicted molar refractivity (Wildman–Crippen MR) is 121 cm³/mol. The molecule has 6 nitrogen and oxygen atoms in total. The van der Waals surface area contributed by atoms with E-state index in [4.69, 9.17) is 0 Å². The lowest BCUT2D eigenvalue weighted by Crippen LogP contribution is -2.39. The fraction of sp³-hybridized carbons (Fsp3) is 0.478. The quantitative estimate of drug-likeness (QED) is 0.611. The Morgan fingerprint density at radius 3 is 2.67 bits per heavy atom. The highest BCUT2D eigenvalue weighted by atomic mass is 32.2. The largest absolute Gasteiger partial charge is 0.573 e. The molecule has 0 saturated carbocycles. The standard InChI is InChI=1S/C23H27F3N4O2S/c1-2-9-30-20-8-5-17(27-15-16-3-6-18(7-4-16)32-23(24,25)26)14-19(20)21(28-30)22(31)29-10-12-33-13-11-29/h2-4,6-7,17,27H,1,5,8-15H2. The molecule has 10 heteroatoms. The van der Waals surface area contributed by atoms with E-state index in [0.717, 1.165) is 54.3 Å². The van der Waals surface area contributed by atoms with E-state index >= 15 is 0 Å². The van der Waals surface area contributed by atoms with Crippen LogP contribution in [0.25, 0.3) is 0 Å². The molecule has 2 heterocycles. The van der Waals surface area contributed by atoms with Gasteiger partial charge < -0.3 is 15.0 Å². The first kappa shape index (κ1) is 23.7. The molecule has 1 aromatic carbocycles. The molecule has 178 valence electrons. The van der Waals surface area contributed by atoms with E-state index in [2.05, 4.69) is 21.7 Å². The van der Waals surface area contributed by atoms with E-state index in [9.17, 15) is 18.0 Å². The van der Waals surface area contributed by atoms with E-state index in [1.165, 1.54) is 12.1 Å². The molecular formula is C23H27F3N4O2S.